The number of hydrogen-bond donors (Lipinski definition) is 0. The fourth-order valence-electron chi connectivity index (χ4n) is 1.89. The van der Waals surface area contributed by atoms with Gasteiger partial charge in [0.05, 0.1) is 25.9 Å². The van der Waals surface area contributed by atoms with Crippen LogP contribution in [0, 0.1) is 0 Å². The Morgan fingerprint density at radius 2 is 1.37 bits per heavy atom. The van der Waals surface area contributed by atoms with Crippen LogP contribution in [0.1, 0.15) is 0 Å². The summed E-state index contributed by atoms with van der Waals surface area (Å²) in [6.45, 7) is 20.1. The van der Waals surface area contributed by atoms with Gasteiger partial charge in [-0.3, -0.25) is 9.05 Å². The molecule has 27 heavy (non-hydrogen) atoms. The standard InChI is InChI=1S/C16H42NO6PSi3/c1-17(2)12-13-19-24(18,23-27(9,10)11)20-14-16(22-26(6,7)8)15-21-25(3,4)5/h16H,12-15H2,1-11H3. The summed E-state index contributed by atoms with van der Waals surface area (Å²) in [6, 6.07) is 0. The van der Waals surface area contributed by atoms with Gasteiger partial charge < -0.3 is 18.0 Å². The second-order valence-electron chi connectivity index (χ2n) is 9.86. The van der Waals surface area contributed by atoms with Crippen LogP contribution in [-0.2, 0) is 26.7 Å². The monoisotopic (exact) mass is 459 g/mol. The SMILES string of the molecule is CN(C)CCOP(=O)(OCC(CO[Si](C)(C)C)O[Si](C)(C)C)O[Si](C)(C)C. The van der Waals surface area contributed by atoms with E-state index in [1.807, 2.05) is 38.6 Å². The van der Waals surface area contributed by atoms with Crippen molar-refractivity contribution in [1.29, 1.82) is 0 Å². The van der Waals surface area contributed by atoms with Crippen LogP contribution >= 0.6 is 7.82 Å². The zero-order chi connectivity index (χ0) is 21.5. The van der Waals surface area contributed by atoms with Gasteiger partial charge in [0.25, 0.3) is 0 Å². The van der Waals surface area contributed by atoms with E-state index in [0.717, 1.165) is 0 Å². The van der Waals surface area contributed by atoms with Crippen molar-refractivity contribution in [3.05, 3.63) is 0 Å². The summed E-state index contributed by atoms with van der Waals surface area (Å²) in [4.78, 5) is 1.96. The normalized spacial score (nSPS) is 17.2. The number of nitrogens with zero attached hydrogens (tertiary/aromatic N) is 1. The molecule has 0 bridgehead atoms. The lowest BCUT2D eigenvalue weighted by Crippen LogP contribution is -2.40. The Morgan fingerprint density at radius 1 is 0.815 bits per heavy atom. The van der Waals surface area contributed by atoms with Gasteiger partial charge in [-0.05, 0) is 73.0 Å². The quantitative estimate of drug-likeness (QED) is 0.277. The summed E-state index contributed by atoms with van der Waals surface area (Å²) in [6.07, 6.45) is -0.292. The predicted octanol–water partition coefficient (Wildman–Crippen LogP) is 4.61. The van der Waals surface area contributed by atoms with Crippen LogP contribution in [0.5, 0.6) is 0 Å². The Kier molecular flexibility index (Phi) is 11.4. The molecule has 0 spiro atoms. The maximum atomic E-state index is 13.2. The van der Waals surface area contributed by atoms with E-state index in [0.29, 0.717) is 13.2 Å². The highest BCUT2D eigenvalue weighted by Crippen LogP contribution is 2.52. The number of phosphoric acid groups is 1. The zero-order valence-electron chi connectivity index (χ0n) is 19.2. The molecule has 0 aliphatic rings. The van der Waals surface area contributed by atoms with Crippen molar-refractivity contribution in [2.75, 3.05) is 40.5 Å². The molecule has 0 rings (SSSR count). The molecule has 0 aromatic rings. The van der Waals surface area contributed by atoms with Gasteiger partial charge in [0.15, 0.2) is 25.0 Å². The van der Waals surface area contributed by atoms with Crippen molar-refractivity contribution in [3.63, 3.8) is 0 Å². The minimum Gasteiger partial charge on any atom is -0.415 e. The van der Waals surface area contributed by atoms with Crippen LogP contribution in [0.3, 0.4) is 0 Å². The molecule has 11 heteroatoms. The lowest BCUT2D eigenvalue weighted by atomic mass is 10.4. The van der Waals surface area contributed by atoms with Crippen molar-refractivity contribution in [1.82, 2.24) is 4.90 Å². The zero-order valence-corrected chi connectivity index (χ0v) is 23.1. The second-order valence-corrected chi connectivity index (χ2v) is 25.2. The molecule has 0 aromatic heterocycles. The average Bonchev–Trinajstić information content (AvgIpc) is 2.37. The molecule has 164 valence electrons. The van der Waals surface area contributed by atoms with Crippen molar-refractivity contribution in [3.8, 4) is 0 Å². The number of rotatable bonds is 14. The highest BCUT2D eigenvalue weighted by molar-refractivity contribution is 7.50. The molecule has 0 aromatic carbocycles. The second kappa shape index (κ2) is 11.1. The Morgan fingerprint density at radius 3 is 1.78 bits per heavy atom. The van der Waals surface area contributed by atoms with Gasteiger partial charge in [-0.25, -0.2) is 4.57 Å². The third-order valence-electron chi connectivity index (χ3n) is 2.81. The molecule has 0 saturated carbocycles. The summed E-state index contributed by atoms with van der Waals surface area (Å²) < 4.78 is 42.4. The van der Waals surface area contributed by atoms with Gasteiger partial charge in [-0.15, -0.1) is 0 Å². The van der Waals surface area contributed by atoms with Crippen LogP contribution in [0.4, 0.5) is 0 Å². The summed E-state index contributed by atoms with van der Waals surface area (Å²) in [5.74, 6) is 0. The van der Waals surface area contributed by atoms with Gasteiger partial charge in [-0.2, -0.15) is 0 Å². The molecular weight excluding hydrogens is 417 g/mol. The minimum absolute atomic E-state index is 0.123. The smallest absolute Gasteiger partial charge is 0.415 e. The van der Waals surface area contributed by atoms with Crippen molar-refractivity contribution in [2.24, 2.45) is 0 Å². The number of likely N-dealkylation sites (N-methyl/N-ethyl adjacent to an activating group) is 1. The molecule has 0 aliphatic carbocycles. The molecule has 2 unspecified atom stereocenters. The molecule has 0 N–H and O–H groups in total. The van der Waals surface area contributed by atoms with Crippen LogP contribution in [0.2, 0.25) is 58.9 Å². The molecule has 0 saturated heterocycles. The third-order valence-corrected chi connectivity index (χ3v) is 8.94. The lowest BCUT2D eigenvalue weighted by Gasteiger charge is -2.31. The maximum absolute atomic E-state index is 13.2. The highest BCUT2D eigenvalue weighted by atomic mass is 31.2. The molecule has 2 atom stereocenters. The molecule has 0 amide bonds. The average molecular weight is 460 g/mol. The van der Waals surface area contributed by atoms with E-state index in [2.05, 4.69) is 39.3 Å². The molecular formula is C16H42NO6PSi3. The first-order valence-corrected chi connectivity index (χ1v) is 21.2. The van der Waals surface area contributed by atoms with Crippen LogP contribution in [0.15, 0.2) is 0 Å². The summed E-state index contributed by atoms with van der Waals surface area (Å²) in [5.41, 5.74) is 0. The Balaban J connectivity index is 5.06. The van der Waals surface area contributed by atoms with E-state index in [4.69, 9.17) is 22.1 Å². The summed E-state index contributed by atoms with van der Waals surface area (Å²) in [5, 5.41) is 0. The van der Waals surface area contributed by atoms with Gasteiger partial charge >= 0.3 is 7.82 Å². The van der Waals surface area contributed by atoms with Crippen molar-refractivity contribution in [2.45, 2.75) is 65.0 Å². The maximum Gasteiger partial charge on any atom is 0.465 e. The van der Waals surface area contributed by atoms with Gasteiger partial charge in [0.2, 0.25) is 0 Å². The van der Waals surface area contributed by atoms with E-state index in [1.54, 1.807) is 0 Å². The van der Waals surface area contributed by atoms with E-state index in [9.17, 15) is 4.57 Å². The fraction of sp³-hybridized carbons (Fsp3) is 1.00. The summed E-state index contributed by atoms with van der Waals surface area (Å²) >= 11 is 0. The first-order valence-electron chi connectivity index (χ1n) is 9.47. The van der Waals surface area contributed by atoms with Crippen molar-refractivity contribution >= 4 is 32.8 Å². The van der Waals surface area contributed by atoms with Gasteiger partial charge in [-0.1, -0.05) is 0 Å². The molecule has 0 radical (unpaired) electrons. The van der Waals surface area contributed by atoms with Gasteiger partial charge in [0, 0.05) is 6.54 Å². The third kappa shape index (κ3) is 17.2. The van der Waals surface area contributed by atoms with Crippen LogP contribution in [-0.4, -0.2) is 76.4 Å². The van der Waals surface area contributed by atoms with E-state index >= 15 is 0 Å². The lowest BCUT2D eigenvalue weighted by molar-refractivity contribution is 0.0523. The molecule has 0 fully saturated rings. The molecule has 7 nitrogen and oxygen atoms in total. The number of hydrogen-bond acceptors (Lipinski definition) is 7. The Bertz CT molecular complexity index is 474. The summed E-state index contributed by atoms with van der Waals surface area (Å²) in [7, 11) is -5.42. The first kappa shape index (κ1) is 27.6. The topological polar surface area (TPSA) is 66.5 Å². The Hall–Kier alpha value is 0.641. The van der Waals surface area contributed by atoms with Crippen molar-refractivity contribution < 1.29 is 26.7 Å². The molecule has 0 aliphatic heterocycles. The van der Waals surface area contributed by atoms with Crippen LogP contribution < -0.4 is 0 Å². The predicted molar refractivity (Wildman–Crippen MR) is 120 cm³/mol. The number of phosphoric ester groups is 1. The van der Waals surface area contributed by atoms with E-state index in [1.165, 1.54) is 0 Å². The first-order chi connectivity index (χ1) is 11.9. The fourth-order valence-corrected chi connectivity index (χ4v) is 7.55. The van der Waals surface area contributed by atoms with E-state index in [-0.39, 0.29) is 19.3 Å². The largest absolute Gasteiger partial charge is 0.465 e. The highest BCUT2D eigenvalue weighted by Gasteiger charge is 2.35. The van der Waals surface area contributed by atoms with E-state index < -0.39 is 32.8 Å². The van der Waals surface area contributed by atoms with Crippen LogP contribution in [0.25, 0.3) is 0 Å². The van der Waals surface area contributed by atoms with Gasteiger partial charge in [0.1, 0.15) is 0 Å². The minimum atomic E-state index is -3.65. The molecule has 0 heterocycles. The Labute approximate surface area is 170 Å².